The predicted octanol–water partition coefficient (Wildman–Crippen LogP) is 1.80. The molecule has 1 aromatic heterocycles. The maximum Gasteiger partial charge on any atom is 0.230 e. The molecular formula is C15H18N4O2S. The summed E-state index contributed by atoms with van der Waals surface area (Å²) >= 11 is 1.39. The monoisotopic (exact) mass is 318 g/mol. The number of carbonyl (C=O) groups excluding carboxylic acids is 1. The van der Waals surface area contributed by atoms with Gasteiger partial charge in [-0.2, -0.15) is 5.26 Å². The molecule has 7 heteroatoms. The number of methoxy groups -OCH3 is 1. The van der Waals surface area contributed by atoms with E-state index in [1.54, 1.807) is 7.11 Å². The van der Waals surface area contributed by atoms with Crippen LogP contribution in [0.25, 0.3) is 11.0 Å². The highest BCUT2D eigenvalue weighted by Crippen LogP contribution is 2.23. The van der Waals surface area contributed by atoms with Gasteiger partial charge in [0.1, 0.15) is 0 Å². The average molecular weight is 318 g/mol. The van der Waals surface area contributed by atoms with Crippen molar-refractivity contribution in [1.29, 1.82) is 5.26 Å². The highest BCUT2D eigenvalue weighted by atomic mass is 32.2. The third kappa shape index (κ3) is 4.23. The van der Waals surface area contributed by atoms with Crippen molar-refractivity contribution in [3.05, 3.63) is 24.3 Å². The highest BCUT2D eigenvalue weighted by Gasteiger charge is 2.12. The minimum Gasteiger partial charge on any atom is -0.383 e. The van der Waals surface area contributed by atoms with Gasteiger partial charge in [-0.05, 0) is 12.1 Å². The van der Waals surface area contributed by atoms with Crippen LogP contribution in [0.2, 0.25) is 0 Å². The maximum atomic E-state index is 11.7. The van der Waals surface area contributed by atoms with Gasteiger partial charge >= 0.3 is 0 Å². The van der Waals surface area contributed by atoms with Gasteiger partial charge in [0.15, 0.2) is 5.16 Å². The lowest BCUT2D eigenvalue weighted by molar-refractivity contribution is -0.118. The van der Waals surface area contributed by atoms with Crippen LogP contribution in [0, 0.1) is 11.3 Å². The number of rotatable bonds is 8. The minimum atomic E-state index is -0.0920. The van der Waals surface area contributed by atoms with Crippen LogP contribution < -0.4 is 5.32 Å². The molecule has 2 rings (SSSR count). The molecule has 1 heterocycles. The lowest BCUT2D eigenvalue weighted by atomic mass is 10.3. The van der Waals surface area contributed by atoms with Gasteiger partial charge in [-0.25, -0.2) is 4.98 Å². The minimum absolute atomic E-state index is 0.0920. The van der Waals surface area contributed by atoms with Crippen LogP contribution in [0.5, 0.6) is 0 Å². The van der Waals surface area contributed by atoms with E-state index in [1.165, 1.54) is 11.8 Å². The zero-order valence-corrected chi connectivity index (χ0v) is 13.2. The second-order valence-corrected chi connectivity index (χ2v) is 5.52. The number of nitriles is 1. The number of ether oxygens (including phenoxy) is 1. The summed E-state index contributed by atoms with van der Waals surface area (Å²) in [5, 5.41) is 12.0. The number of benzene rings is 1. The molecule has 0 unspecified atom stereocenters. The number of amides is 1. The van der Waals surface area contributed by atoms with E-state index in [-0.39, 0.29) is 11.7 Å². The van der Waals surface area contributed by atoms with E-state index >= 15 is 0 Å². The standard InChI is InChI=1S/C15H18N4O2S/c1-21-10-9-19-13-6-3-2-5-12(13)18-15(19)22-11-14(20)17-8-4-7-16/h2-3,5-6H,4,8-11H2,1H3,(H,17,20). The molecule has 0 saturated heterocycles. The van der Waals surface area contributed by atoms with E-state index in [0.717, 1.165) is 16.2 Å². The van der Waals surface area contributed by atoms with Gasteiger partial charge in [0, 0.05) is 20.2 Å². The molecule has 1 amide bonds. The number of nitrogens with zero attached hydrogens (tertiary/aromatic N) is 3. The Morgan fingerprint density at radius 1 is 1.50 bits per heavy atom. The van der Waals surface area contributed by atoms with Gasteiger partial charge in [-0.15, -0.1) is 0 Å². The Bertz CT molecular complexity index is 678. The fraction of sp³-hybridized carbons (Fsp3) is 0.400. The summed E-state index contributed by atoms with van der Waals surface area (Å²) in [4.78, 5) is 16.3. The van der Waals surface area contributed by atoms with Crippen molar-refractivity contribution in [3.8, 4) is 6.07 Å². The maximum absolute atomic E-state index is 11.7. The summed E-state index contributed by atoms with van der Waals surface area (Å²) in [6.07, 6.45) is 0.322. The molecule has 22 heavy (non-hydrogen) atoms. The molecule has 0 aliphatic heterocycles. The van der Waals surface area contributed by atoms with Gasteiger partial charge in [-0.1, -0.05) is 23.9 Å². The molecule has 0 aliphatic rings. The molecular weight excluding hydrogens is 300 g/mol. The third-order valence-electron chi connectivity index (χ3n) is 3.03. The lowest BCUT2D eigenvalue weighted by Gasteiger charge is -2.08. The van der Waals surface area contributed by atoms with Crippen molar-refractivity contribution < 1.29 is 9.53 Å². The van der Waals surface area contributed by atoms with Crippen LogP contribution in [0.3, 0.4) is 0 Å². The van der Waals surface area contributed by atoms with E-state index in [2.05, 4.69) is 14.9 Å². The Labute approximate surface area is 133 Å². The van der Waals surface area contributed by atoms with Crippen molar-refractivity contribution in [1.82, 2.24) is 14.9 Å². The van der Waals surface area contributed by atoms with Crippen LogP contribution in [-0.2, 0) is 16.1 Å². The molecule has 0 spiro atoms. The molecule has 0 fully saturated rings. The summed E-state index contributed by atoms with van der Waals surface area (Å²) in [5.41, 5.74) is 1.94. The predicted molar refractivity (Wildman–Crippen MR) is 85.6 cm³/mol. The molecule has 116 valence electrons. The van der Waals surface area contributed by atoms with Crippen molar-refractivity contribution in [2.24, 2.45) is 0 Å². The number of hydrogen-bond donors (Lipinski definition) is 1. The van der Waals surface area contributed by atoms with Crippen molar-refractivity contribution >= 4 is 28.7 Å². The number of nitrogens with one attached hydrogen (secondary N) is 1. The van der Waals surface area contributed by atoms with E-state index < -0.39 is 0 Å². The van der Waals surface area contributed by atoms with Gasteiger partial charge in [0.2, 0.25) is 5.91 Å². The molecule has 1 N–H and O–H groups in total. The van der Waals surface area contributed by atoms with Gasteiger partial charge in [0.25, 0.3) is 0 Å². The Hall–Kier alpha value is -2.04. The van der Waals surface area contributed by atoms with E-state index in [9.17, 15) is 4.79 Å². The second-order valence-electron chi connectivity index (χ2n) is 4.57. The summed E-state index contributed by atoms with van der Waals surface area (Å²) in [7, 11) is 1.66. The first kappa shape index (κ1) is 16.3. The zero-order valence-electron chi connectivity index (χ0n) is 12.4. The Kier molecular flexibility index (Phi) is 6.25. The van der Waals surface area contributed by atoms with E-state index in [4.69, 9.17) is 10.00 Å². The van der Waals surface area contributed by atoms with Crippen LogP contribution in [0.4, 0.5) is 0 Å². The number of carbonyl (C=O) groups is 1. The number of fused-ring (bicyclic) bond motifs is 1. The quantitative estimate of drug-likeness (QED) is 0.593. The molecule has 0 bridgehead atoms. The van der Waals surface area contributed by atoms with Crippen LogP contribution in [0.15, 0.2) is 29.4 Å². The first-order chi connectivity index (χ1) is 10.8. The molecule has 0 aliphatic carbocycles. The Morgan fingerprint density at radius 3 is 3.09 bits per heavy atom. The second kappa shape index (κ2) is 8.41. The van der Waals surface area contributed by atoms with Crippen molar-refractivity contribution in [2.45, 2.75) is 18.1 Å². The highest BCUT2D eigenvalue weighted by molar-refractivity contribution is 7.99. The number of imidazole rings is 1. The Morgan fingerprint density at radius 2 is 2.32 bits per heavy atom. The van der Waals surface area contributed by atoms with E-state index in [0.29, 0.717) is 26.1 Å². The number of para-hydroxylation sites is 2. The van der Waals surface area contributed by atoms with Gasteiger partial charge in [-0.3, -0.25) is 4.79 Å². The molecule has 2 aromatic rings. The number of hydrogen-bond acceptors (Lipinski definition) is 5. The first-order valence-corrected chi connectivity index (χ1v) is 7.95. The van der Waals surface area contributed by atoms with Crippen LogP contribution >= 0.6 is 11.8 Å². The zero-order chi connectivity index (χ0) is 15.8. The van der Waals surface area contributed by atoms with Crippen molar-refractivity contribution in [2.75, 3.05) is 26.0 Å². The van der Waals surface area contributed by atoms with Crippen LogP contribution in [0.1, 0.15) is 6.42 Å². The van der Waals surface area contributed by atoms with Gasteiger partial charge in [0.05, 0.1) is 35.9 Å². The van der Waals surface area contributed by atoms with Crippen molar-refractivity contribution in [3.63, 3.8) is 0 Å². The lowest BCUT2D eigenvalue weighted by Crippen LogP contribution is -2.26. The molecule has 0 radical (unpaired) electrons. The number of aromatic nitrogens is 2. The third-order valence-corrected chi connectivity index (χ3v) is 4.01. The summed E-state index contributed by atoms with van der Waals surface area (Å²) < 4.78 is 7.20. The molecule has 6 nitrogen and oxygen atoms in total. The van der Waals surface area contributed by atoms with Crippen LogP contribution in [-0.4, -0.2) is 41.5 Å². The summed E-state index contributed by atoms with van der Waals surface area (Å²) in [6.45, 7) is 1.66. The molecule has 0 saturated carbocycles. The fourth-order valence-corrected chi connectivity index (χ4v) is 2.87. The fourth-order valence-electron chi connectivity index (χ4n) is 2.00. The summed E-state index contributed by atoms with van der Waals surface area (Å²) in [6, 6.07) is 9.87. The Balaban J connectivity index is 2.06. The normalized spacial score (nSPS) is 10.5. The first-order valence-electron chi connectivity index (χ1n) is 6.97. The molecule has 0 atom stereocenters. The average Bonchev–Trinajstić information content (AvgIpc) is 2.89. The smallest absolute Gasteiger partial charge is 0.230 e. The summed E-state index contributed by atoms with van der Waals surface area (Å²) in [5.74, 6) is 0.187. The topological polar surface area (TPSA) is 79.9 Å². The van der Waals surface area contributed by atoms with Gasteiger partial charge < -0.3 is 14.6 Å². The largest absolute Gasteiger partial charge is 0.383 e. The number of thioether (sulfide) groups is 1. The molecule has 1 aromatic carbocycles. The SMILES string of the molecule is COCCn1c(SCC(=O)NCCC#N)nc2ccccc21. The van der Waals surface area contributed by atoms with E-state index in [1.807, 2.05) is 30.3 Å².